The third kappa shape index (κ3) is 3.41. The molecule has 1 N–H and O–H groups in total. The van der Waals surface area contributed by atoms with Crippen molar-refractivity contribution >= 4 is 11.6 Å². The number of hydrogen-bond donors (Lipinski definition) is 1. The van der Waals surface area contributed by atoms with E-state index < -0.39 is 17.5 Å². The standard InChI is InChI=1S/C15H11F2NO2/c1-2-15(19)18-11-6-7-14(13(17)9-11)20-12-5-3-4-10(16)8-12/h2-9H,1H2,(H,18,19). The van der Waals surface area contributed by atoms with Gasteiger partial charge in [0.2, 0.25) is 5.91 Å². The molecule has 0 bridgehead atoms. The maximum atomic E-state index is 13.8. The van der Waals surface area contributed by atoms with Crippen molar-refractivity contribution in [2.45, 2.75) is 0 Å². The molecule has 2 aromatic rings. The molecule has 0 aliphatic carbocycles. The fourth-order valence-corrected chi connectivity index (χ4v) is 1.51. The third-order valence-corrected chi connectivity index (χ3v) is 2.41. The quantitative estimate of drug-likeness (QED) is 0.860. The highest BCUT2D eigenvalue weighted by atomic mass is 19.1. The number of benzene rings is 2. The van der Waals surface area contributed by atoms with E-state index in [1.54, 1.807) is 0 Å². The SMILES string of the molecule is C=CC(=O)Nc1ccc(Oc2cccc(F)c2)c(F)c1. The first-order valence-corrected chi connectivity index (χ1v) is 5.75. The van der Waals surface area contributed by atoms with Gasteiger partial charge >= 0.3 is 0 Å². The van der Waals surface area contributed by atoms with E-state index in [2.05, 4.69) is 11.9 Å². The molecule has 102 valence electrons. The summed E-state index contributed by atoms with van der Waals surface area (Å²) in [7, 11) is 0. The highest BCUT2D eigenvalue weighted by Gasteiger charge is 2.07. The number of carbonyl (C=O) groups is 1. The fourth-order valence-electron chi connectivity index (χ4n) is 1.51. The molecular weight excluding hydrogens is 264 g/mol. The first kappa shape index (κ1) is 13.7. The van der Waals surface area contributed by atoms with Gasteiger partial charge in [-0.25, -0.2) is 8.78 Å². The monoisotopic (exact) mass is 275 g/mol. The van der Waals surface area contributed by atoms with E-state index in [0.717, 1.165) is 18.2 Å². The molecule has 20 heavy (non-hydrogen) atoms. The van der Waals surface area contributed by atoms with Gasteiger partial charge in [-0.15, -0.1) is 0 Å². The zero-order valence-corrected chi connectivity index (χ0v) is 10.4. The third-order valence-electron chi connectivity index (χ3n) is 2.41. The molecule has 0 spiro atoms. The summed E-state index contributed by atoms with van der Waals surface area (Å²) in [5, 5.41) is 2.42. The summed E-state index contributed by atoms with van der Waals surface area (Å²) in [4.78, 5) is 11.1. The van der Waals surface area contributed by atoms with Crippen LogP contribution < -0.4 is 10.1 Å². The van der Waals surface area contributed by atoms with Gasteiger partial charge < -0.3 is 10.1 Å². The van der Waals surface area contributed by atoms with Crippen molar-refractivity contribution in [2.24, 2.45) is 0 Å². The van der Waals surface area contributed by atoms with Crippen LogP contribution in [0.25, 0.3) is 0 Å². The Hall–Kier alpha value is -2.69. The van der Waals surface area contributed by atoms with E-state index in [1.165, 1.54) is 30.3 Å². The van der Waals surface area contributed by atoms with E-state index in [4.69, 9.17) is 4.74 Å². The molecule has 0 atom stereocenters. The van der Waals surface area contributed by atoms with Crippen molar-refractivity contribution in [3.8, 4) is 11.5 Å². The summed E-state index contributed by atoms with van der Waals surface area (Å²) >= 11 is 0. The Morgan fingerprint density at radius 1 is 1.20 bits per heavy atom. The maximum Gasteiger partial charge on any atom is 0.247 e. The Morgan fingerprint density at radius 2 is 2.00 bits per heavy atom. The number of amides is 1. The topological polar surface area (TPSA) is 38.3 Å². The molecule has 0 aromatic heterocycles. The van der Waals surface area contributed by atoms with Crippen molar-refractivity contribution in [1.82, 2.24) is 0 Å². The van der Waals surface area contributed by atoms with E-state index in [-0.39, 0.29) is 17.2 Å². The van der Waals surface area contributed by atoms with Gasteiger partial charge in [-0.2, -0.15) is 0 Å². The lowest BCUT2D eigenvalue weighted by Crippen LogP contribution is -2.07. The van der Waals surface area contributed by atoms with Gasteiger partial charge in [-0.05, 0) is 30.3 Å². The first-order valence-electron chi connectivity index (χ1n) is 5.75. The normalized spacial score (nSPS) is 9.90. The molecule has 0 saturated carbocycles. The van der Waals surface area contributed by atoms with Crippen LogP contribution >= 0.6 is 0 Å². The van der Waals surface area contributed by atoms with Crippen LogP contribution in [-0.2, 0) is 4.79 Å². The molecule has 2 aromatic carbocycles. The van der Waals surface area contributed by atoms with E-state index in [9.17, 15) is 13.6 Å². The van der Waals surface area contributed by atoms with Crippen molar-refractivity contribution < 1.29 is 18.3 Å². The van der Waals surface area contributed by atoms with Gasteiger partial charge in [-0.3, -0.25) is 4.79 Å². The Kier molecular flexibility index (Phi) is 4.10. The van der Waals surface area contributed by atoms with Crippen LogP contribution in [-0.4, -0.2) is 5.91 Å². The Labute approximate surface area is 114 Å². The van der Waals surface area contributed by atoms with Gasteiger partial charge in [0.05, 0.1) is 0 Å². The van der Waals surface area contributed by atoms with Crippen LogP contribution in [0.15, 0.2) is 55.1 Å². The second kappa shape index (κ2) is 5.97. The average Bonchev–Trinajstić information content (AvgIpc) is 2.42. The minimum Gasteiger partial charge on any atom is -0.454 e. The van der Waals surface area contributed by atoms with Gasteiger partial charge in [0.25, 0.3) is 0 Å². The van der Waals surface area contributed by atoms with Gasteiger partial charge in [0.15, 0.2) is 11.6 Å². The van der Waals surface area contributed by atoms with Crippen LogP contribution in [0.3, 0.4) is 0 Å². The number of rotatable bonds is 4. The minimum absolute atomic E-state index is 0.0628. The molecule has 0 fully saturated rings. The molecule has 2 rings (SSSR count). The molecule has 0 unspecified atom stereocenters. The smallest absolute Gasteiger partial charge is 0.247 e. The van der Waals surface area contributed by atoms with E-state index >= 15 is 0 Å². The lowest BCUT2D eigenvalue weighted by molar-refractivity contribution is -0.111. The summed E-state index contributed by atoms with van der Waals surface area (Å²) in [5.74, 6) is -1.46. The number of ether oxygens (including phenoxy) is 1. The fraction of sp³-hybridized carbons (Fsp3) is 0. The first-order chi connectivity index (χ1) is 9.58. The molecule has 0 heterocycles. The average molecular weight is 275 g/mol. The zero-order valence-electron chi connectivity index (χ0n) is 10.4. The Balaban J connectivity index is 2.17. The van der Waals surface area contributed by atoms with Gasteiger partial charge in [0.1, 0.15) is 11.6 Å². The molecule has 5 heteroatoms. The molecule has 1 amide bonds. The van der Waals surface area contributed by atoms with Gasteiger partial charge in [0, 0.05) is 17.8 Å². The summed E-state index contributed by atoms with van der Waals surface area (Å²) in [5.41, 5.74) is 0.277. The number of halogens is 2. The second-order valence-electron chi connectivity index (χ2n) is 3.90. The lowest BCUT2D eigenvalue weighted by Gasteiger charge is -2.08. The van der Waals surface area contributed by atoms with Crippen molar-refractivity contribution in [3.05, 3.63) is 66.8 Å². The summed E-state index contributed by atoms with van der Waals surface area (Å²) in [6.07, 6.45) is 1.08. The number of carbonyl (C=O) groups excluding carboxylic acids is 1. The summed E-state index contributed by atoms with van der Waals surface area (Å²) < 4.78 is 32.0. The molecule has 0 radical (unpaired) electrons. The minimum atomic E-state index is -0.670. The Morgan fingerprint density at radius 3 is 2.65 bits per heavy atom. The molecular formula is C15H11F2NO2. The maximum absolute atomic E-state index is 13.8. The lowest BCUT2D eigenvalue weighted by atomic mass is 10.2. The second-order valence-corrected chi connectivity index (χ2v) is 3.90. The molecule has 0 saturated heterocycles. The largest absolute Gasteiger partial charge is 0.454 e. The Bertz CT molecular complexity index is 656. The zero-order chi connectivity index (χ0) is 14.5. The van der Waals surface area contributed by atoms with Crippen LogP contribution in [0, 0.1) is 11.6 Å². The number of nitrogens with one attached hydrogen (secondary N) is 1. The molecule has 0 aliphatic heterocycles. The van der Waals surface area contributed by atoms with Gasteiger partial charge in [-0.1, -0.05) is 12.6 Å². The van der Waals surface area contributed by atoms with Crippen molar-refractivity contribution in [1.29, 1.82) is 0 Å². The van der Waals surface area contributed by atoms with Crippen LogP contribution in [0.5, 0.6) is 11.5 Å². The highest BCUT2D eigenvalue weighted by Crippen LogP contribution is 2.27. The van der Waals surface area contributed by atoms with Crippen molar-refractivity contribution in [2.75, 3.05) is 5.32 Å². The van der Waals surface area contributed by atoms with Crippen LogP contribution in [0.1, 0.15) is 0 Å². The molecule has 0 aliphatic rings. The van der Waals surface area contributed by atoms with Crippen molar-refractivity contribution in [3.63, 3.8) is 0 Å². The predicted octanol–water partition coefficient (Wildman–Crippen LogP) is 3.88. The summed E-state index contributed by atoms with van der Waals surface area (Å²) in [6, 6.07) is 9.30. The van der Waals surface area contributed by atoms with Crippen LogP contribution in [0.4, 0.5) is 14.5 Å². The number of anilines is 1. The number of hydrogen-bond acceptors (Lipinski definition) is 2. The summed E-state index contributed by atoms with van der Waals surface area (Å²) in [6.45, 7) is 3.29. The highest BCUT2D eigenvalue weighted by molar-refractivity contribution is 5.98. The van der Waals surface area contributed by atoms with Crippen LogP contribution in [0.2, 0.25) is 0 Å². The predicted molar refractivity (Wildman–Crippen MR) is 71.7 cm³/mol. The molecule has 3 nitrogen and oxygen atoms in total. The van der Waals surface area contributed by atoms with E-state index in [1.807, 2.05) is 0 Å². The van der Waals surface area contributed by atoms with E-state index in [0.29, 0.717) is 0 Å².